The monoisotopic (exact) mass is 528 g/mol. The number of carbonyl (C=O) groups is 2. The summed E-state index contributed by atoms with van der Waals surface area (Å²) >= 11 is 5.75. The summed E-state index contributed by atoms with van der Waals surface area (Å²) in [5.41, 5.74) is 2.81. The van der Waals surface area contributed by atoms with Crippen LogP contribution in [0.25, 0.3) is 11.3 Å². The molecule has 1 amide bonds. The molecule has 3 heterocycles. The van der Waals surface area contributed by atoms with E-state index in [2.05, 4.69) is 15.6 Å². The van der Waals surface area contributed by atoms with Crippen LogP contribution < -0.4 is 15.5 Å². The molecule has 0 aliphatic carbocycles. The second-order valence-electron chi connectivity index (χ2n) is 8.58. The maximum absolute atomic E-state index is 11.9. The lowest BCUT2D eigenvalue weighted by Crippen LogP contribution is -2.29. The van der Waals surface area contributed by atoms with Crippen molar-refractivity contribution >= 4 is 40.6 Å². The summed E-state index contributed by atoms with van der Waals surface area (Å²) in [7, 11) is 1.46. The summed E-state index contributed by atoms with van der Waals surface area (Å²) in [4.78, 5) is 30.2. The number of nitrogens with one attached hydrogen (secondary N) is 2. The van der Waals surface area contributed by atoms with Crippen LogP contribution >= 0.6 is 12.2 Å². The number of furan rings is 1. The molecule has 0 radical (unpaired) electrons. The van der Waals surface area contributed by atoms with Crippen LogP contribution in [0.4, 0.5) is 11.4 Å². The van der Waals surface area contributed by atoms with Crippen LogP contribution in [-0.4, -0.2) is 40.8 Å². The molecule has 0 bridgehead atoms. The van der Waals surface area contributed by atoms with Crippen molar-refractivity contribution in [2.24, 2.45) is 0 Å². The molecule has 2 aromatic carbocycles. The van der Waals surface area contributed by atoms with E-state index in [1.54, 1.807) is 48.7 Å². The molecule has 1 saturated heterocycles. The van der Waals surface area contributed by atoms with Gasteiger partial charge in [0.2, 0.25) is 5.91 Å². The van der Waals surface area contributed by atoms with Gasteiger partial charge in [0, 0.05) is 30.2 Å². The van der Waals surface area contributed by atoms with Crippen molar-refractivity contribution in [3.05, 3.63) is 102 Å². The van der Waals surface area contributed by atoms with Gasteiger partial charge in [-0.1, -0.05) is 24.3 Å². The molecule has 192 valence electrons. The molecule has 0 spiro atoms. The molecule has 2 aromatic heterocycles. The van der Waals surface area contributed by atoms with E-state index < -0.39 is 12.0 Å². The maximum Gasteiger partial charge on any atom is 0.336 e. The van der Waals surface area contributed by atoms with Gasteiger partial charge >= 0.3 is 5.97 Å². The first-order valence-corrected chi connectivity index (χ1v) is 12.2. The Labute approximate surface area is 224 Å². The topological polar surface area (TPSA) is 117 Å². The Hall–Kier alpha value is -4.54. The predicted molar refractivity (Wildman–Crippen MR) is 146 cm³/mol. The highest BCUT2D eigenvalue weighted by atomic mass is 32.1. The molecule has 0 unspecified atom stereocenters. The van der Waals surface area contributed by atoms with Crippen molar-refractivity contribution in [2.45, 2.75) is 12.1 Å². The molecule has 1 aliphatic rings. The van der Waals surface area contributed by atoms with Crippen molar-refractivity contribution in [1.82, 2.24) is 10.3 Å². The number of carbonyl (C=O) groups excluding carboxylic acids is 1. The normalized spacial score (nSPS) is 16.8. The van der Waals surface area contributed by atoms with Crippen LogP contribution in [0, 0.1) is 0 Å². The Morgan fingerprint density at radius 3 is 2.55 bits per heavy atom. The number of aromatic carboxylic acids is 1. The number of nitrogens with zero attached hydrogens (tertiary/aromatic N) is 2. The fourth-order valence-electron chi connectivity index (χ4n) is 4.50. The Bertz CT molecular complexity index is 1470. The van der Waals surface area contributed by atoms with E-state index in [0.29, 0.717) is 27.9 Å². The zero-order chi connectivity index (χ0) is 26.6. The molecule has 5 rings (SSSR count). The number of benzene rings is 2. The summed E-state index contributed by atoms with van der Waals surface area (Å²) in [5.74, 6) is -0.267. The van der Waals surface area contributed by atoms with Crippen LogP contribution in [0.1, 0.15) is 33.9 Å². The highest BCUT2D eigenvalue weighted by Crippen LogP contribution is 2.43. The third-order valence-corrected chi connectivity index (χ3v) is 6.46. The van der Waals surface area contributed by atoms with Crippen molar-refractivity contribution in [3.8, 4) is 11.3 Å². The van der Waals surface area contributed by atoms with Crippen LogP contribution in [0.5, 0.6) is 0 Å². The average molecular weight is 529 g/mol. The third kappa shape index (κ3) is 4.99. The van der Waals surface area contributed by atoms with Gasteiger partial charge in [0.15, 0.2) is 5.11 Å². The van der Waals surface area contributed by atoms with Gasteiger partial charge in [-0.05, 0) is 66.8 Å². The summed E-state index contributed by atoms with van der Waals surface area (Å²) in [6, 6.07) is 22.5. The van der Waals surface area contributed by atoms with Gasteiger partial charge in [-0.25, -0.2) is 4.79 Å². The lowest BCUT2D eigenvalue weighted by Gasteiger charge is -2.26. The van der Waals surface area contributed by atoms with Crippen LogP contribution in [0.2, 0.25) is 0 Å². The molecule has 10 heteroatoms. The fourth-order valence-corrected chi connectivity index (χ4v) is 4.84. The number of hydrogen-bond acceptors (Lipinski definition) is 6. The first kappa shape index (κ1) is 25.1. The van der Waals surface area contributed by atoms with E-state index in [1.165, 1.54) is 7.11 Å². The number of thiocarbonyl (C=S) groups is 1. The summed E-state index contributed by atoms with van der Waals surface area (Å²) in [5, 5.41) is 16.3. The van der Waals surface area contributed by atoms with Crippen LogP contribution in [-0.2, 0) is 9.53 Å². The minimum absolute atomic E-state index is 0.0401. The molecule has 1 fully saturated rings. The number of carboxylic acids is 1. The number of anilines is 2. The smallest absolute Gasteiger partial charge is 0.336 e. The Morgan fingerprint density at radius 1 is 1.08 bits per heavy atom. The zero-order valence-corrected chi connectivity index (χ0v) is 21.1. The number of rotatable bonds is 8. The maximum atomic E-state index is 11.9. The summed E-state index contributed by atoms with van der Waals surface area (Å²) in [6.45, 7) is -0.0401. The number of methoxy groups -OCH3 is 1. The van der Waals surface area contributed by atoms with Crippen molar-refractivity contribution in [1.29, 1.82) is 0 Å². The van der Waals surface area contributed by atoms with E-state index >= 15 is 0 Å². The first-order chi connectivity index (χ1) is 18.5. The largest absolute Gasteiger partial charge is 0.478 e. The molecule has 0 saturated carbocycles. The lowest BCUT2D eigenvalue weighted by atomic mass is 10.0. The highest BCUT2D eigenvalue weighted by Gasteiger charge is 2.42. The molecule has 38 heavy (non-hydrogen) atoms. The van der Waals surface area contributed by atoms with Gasteiger partial charge in [0.25, 0.3) is 0 Å². The number of aromatic nitrogens is 1. The van der Waals surface area contributed by atoms with E-state index in [0.717, 1.165) is 11.4 Å². The van der Waals surface area contributed by atoms with E-state index in [1.807, 2.05) is 41.3 Å². The van der Waals surface area contributed by atoms with Crippen molar-refractivity contribution in [3.63, 3.8) is 0 Å². The van der Waals surface area contributed by atoms with Crippen molar-refractivity contribution in [2.75, 3.05) is 23.9 Å². The standard InChI is InChI=1S/C28H24N4O5S/c1-36-16-24(33)30-17-9-11-18(12-10-17)32-26(25(31-28(32)38)21-8-4-5-15-29-21)23-14-13-22(37-23)19-6-2-3-7-20(19)27(34)35/h2-15,25-26H,16H2,1H3,(H,30,33)(H,31,38)(H,34,35)/t25-,26-/m1/s1. The highest BCUT2D eigenvalue weighted by molar-refractivity contribution is 7.80. The fraction of sp³-hybridized carbons (Fsp3) is 0.143. The molecule has 1 aliphatic heterocycles. The second-order valence-corrected chi connectivity index (χ2v) is 8.96. The first-order valence-electron chi connectivity index (χ1n) is 11.8. The number of ether oxygens (including phenoxy) is 1. The van der Waals surface area contributed by atoms with Crippen LogP contribution in [0.15, 0.2) is 89.5 Å². The second kappa shape index (κ2) is 10.8. The molecule has 3 N–H and O–H groups in total. The van der Waals surface area contributed by atoms with Gasteiger partial charge in [-0.3, -0.25) is 9.78 Å². The summed E-state index contributed by atoms with van der Waals surface area (Å²) < 4.78 is 11.2. The molecular weight excluding hydrogens is 504 g/mol. The number of pyridine rings is 1. The molecule has 9 nitrogen and oxygen atoms in total. The Balaban J connectivity index is 1.53. The number of carboxylic acid groups (broad SMARTS) is 1. The van der Waals surface area contributed by atoms with Crippen molar-refractivity contribution < 1.29 is 23.8 Å². The minimum Gasteiger partial charge on any atom is -0.478 e. The molecule has 4 aromatic rings. The Kier molecular flexibility index (Phi) is 7.16. The van der Waals surface area contributed by atoms with Gasteiger partial charge in [0.1, 0.15) is 24.2 Å². The average Bonchev–Trinajstić information content (AvgIpc) is 3.54. The van der Waals surface area contributed by atoms with Gasteiger partial charge in [-0.2, -0.15) is 0 Å². The summed E-state index contributed by atoms with van der Waals surface area (Å²) in [6.07, 6.45) is 1.72. The Morgan fingerprint density at radius 2 is 1.84 bits per heavy atom. The number of hydrogen-bond donors (Lipinski definition) is 3. The van der Waals surface area contributed by atoms with Crippen LogP contribution in [0.3, 0.4) is 0 Å². The third-order valence-electron chi connectivity index (χ3n) is 6.14. The SMILES string of the molecule is COCC(=O)Nc1ccc(N2C(=S)N[C@H](c3ccccn3)[C@H]2c2ccc(-c3ccccc3C(=O)O)o2)cc1. The zero-order valence-electron chi connectivity index (χ0n) is 20.3. The van der Waals surface area contributed by atoms with Gasteiger partial charge in [0.05, 0.1) is 17.3 Å². The molecule has 2 atom stereocenters. The van der Waals surface area contributed by atoms with E-state index in [9.17, 15) is 14.7 Å². The lowest BCUT2D eigenvalue weighted by molar-refractivity contribution is -0.119. The van der Waals surface area contributed by atoms with E-state index in [4.69, 9.17) is 21.4 Å². The van der Waals surface area contributed by atoms with Gasteiger partial charge < -0.3 is 29.8 Å². The quantitative estimate of drug-likeness (QED) is 0.277. The minimum atomic E-state index is -1.03. The number of amides is 1. The van der Waals surface area contributed by atoms with Gasteiger partial charge in [-0.15, -0.1) is 0 Å². The predicted octanol–water partition coefficient (Wildman–Crippen LogP) is 4.80. The molecular formula is C28H24N4O5S. The van der Waals surface area contributed by atoms with E-state index in [-0.39, 0.29) is 24.1 Å².